The molecule has 120 valence electrons. The molecule has 0 saturated heterocycles. The van der Waals surface area contributed by atoms with E-state index in [1.54, 1.807) is 23.5 Å². The van der Waals surface area contributed by atoms with Crippen LogP contribution in [0.3, 0.4) is 0 Å². The Labute approximate surface area is 139 Å². The van der Waals surface area contributed by atoms with Gasteiger partial charge in [-0.05, 0) is 37.8 Å². The molecule has 0 atom stereocenters. The minimum Gasteiger partial charge on any atom is -0.352 e. The summed E-state index contributed by atoms with van der Waals surface area (Å²) < 4.78 is 0. The van der Waals surface area contributed by atoms with E-state index in [1.807, 2.05) is 18.2 Å². The van der Waals surface area contributed by atoms with Crippen LogP contribution in [0.1, 0.15) is 40.2 Å². The molecule has 6 heteroatoms. The number of anilines is 1. The summed E-state index contributed by atoms with van der Waals surface area (Å²) in [5, 5.41) is 6.25. The average Bonchev–Trinajstić information content (AvgIpc) is 2.97. The fourth-order valence-corrected chi connectivity index (χ4v) is 3.63. The van der Waals surface area contributed by atoms with Gasteiger partial charge in [0.2, 0.25) is 5.91 Å². The highest BCUT2D eigenvalue weighted by Crippen LogP contribution is 2.29. The summed E-state index contributed by atoms with van der Waals surface area (Å²) in [4.78, 5) is 29.6. The number of benzene rings is 1. The normalized spacial score (nSPS) is 13.2. The molecule has 1 aliphatic carbocycles. The van der Waals surface area contributed by atoms with Crippen molar-refractivity contribution in [3.8, 4) is 0 Å². The van der Waals surface area contributed by atoms with Gasteiger partial charge >= 0.3 is 0 Å². The molecule has 0 radical (unpaired) electrons. The molecule has 2 aromatic rings. The first-order chi connectivity index (χ1) is 11.2. The van der Waals surface area contributed by atoms with Crippen LogP contribution >= 0.6 is 11.3 Å². The second kappa shape index (κ2) is 7.37. The third kappa shape index (κ3) is 4.16. The highest BCUT2D eigenvalue weighted by atomic mass is 32.1. The van der Waals surface area contributed by atoms with Crippen molar-refractivity contribution in [3.05, 3.63) is 46.5 Å². The first kappa shape index (κ1) is 15.7. The van der Waals surface area contributed by atoms with E-state index in [0.717, 1.165) is 18.5 Å². The van der Waals surface area contributed by atoms with Crippen LogP contribution in [-0.4, -0.2) is 23.3 Å². The molecule has 1 heterocycles. The number of carbonyl (C=O) groups is 2. The summed E-state index contributed by atoms with van der Waals surface area (Å²) in [5.74, 6) is -0.285. The number of nitrogens with zero attached hydrogens (tertiary/aromatic N) is 1. The van der Waals surface area contributed by atoms with E-state index in [1.165, 1.54) is 17.7 Å². The van der Waals surface area contributed by atoms with Crippen LogP contribution in [0.25, 0.3) is 0 Å². The van der Waals surface area contributed by atoms with Gasteiger partial charge in [-0.2, -0.15) is 0 Å². The Morgan fingerprint density at radius 2 is 1.91 bits per heavy atom. The minimum atomic E-state index is -0.164. The molecule has 0 fully saturated rings. The van der Waals surface area contributed by atoms with Gasteiger partial charge in [0, 0.05) is 23.4 Å². The van der Waals surface area contributed by atoms with Crippen LogP contribution in [0, 0.1) is 0 Å². The van der Waals surface area contributed by atoms with Crippen LogP contribution in [0.15, 0.2) is 30.3 Å². The van der Waals surface area contributed by atoms with Crippen LogP contribution in [-0.2, 0) is 17.6 Å². The number of rotatable bonds is 5. The van der Waals surface area contributed by atoms with Gasteiger partial charge in [0.05, 0.1) is 5.69 Å². The first-order valence-corrected chi connectivity index (χ1v) is 8.66. The lowest BCUT2D eigenvalue weighted by molar-refractivity contribution is -0.116. The lowest BCUT2D eigenvalue weighted by atomic mass is 10.0. The lowest BCUT2D eigenvalue weighted by Gasteiger charge is -2.06. The second-order valence-corrected chi connectivity index (χ2v) is 6.60. The van der Waals surface area contributed by atoms with E-state index in [4.69, 9.17) is 0 Å². The molecule has 1 aromatic heterocycles. The number of carbonyl (C=O) groups excluding carboxylic acids is 2. The van der Waals surface area contributed by atoms with E-state index >= 15 is 0 Å². The van der Waals surface area contributed by atoms with Crippen LogP contribution in [0.4, 0.5) is 5.13 Å². The number of fused-ring (bicyclic) bond motifs is 1. The molecule has 0 bridgehead atoms. The molecule has 2 N–H and O–H groups in total. The molecule has 2 amide bonds. The third-order valence-corrected chi connectivity index (χ3v) is 4.84. The van der Waals surface area contributed by atoms with Crippen molar-refractivity contribution in [1.29, 1.82) is 0 Å². The van der Waals surface area contributed by atoms with Gasteiger partial charge in [0.1, 0.15) is 0 Å². The summed E-state index contributed by atoms with van der Waals surface area (Å²) >= 11 is 1.57. The van der Waals surface area contributed by atoms with Crippen molar-refractivity contribution in [2.45, 2.75) is 32.1 Å². The summed E-state index contributed by atoms with van der Waals surface area (Å²) in [6, 6.07) is 8.97. The van der Waals surface area contributed by atoms with Gasteiger partial charge < -0.3 is 10.6 Å². The summed E-state index contributed by atoms with van der Waals surface area (Å²) in [6.45, 7) is 0.310. The topological polar surface area (TPSA) is 71.1 Å². The van der Waals surface area contributed by atoms with Crippen molar-refractivity contribution in [2.24, 2.45) is 0 Å². The molecule has 0 saturated carbocycles. The minimum absolute atomic E-state index is 0.121. The monoisotopic (exact) mass is 329 g/mol. The van der Waals surface area contributed by atoms with Crippen molar-refractivity contribution >= 4 is 28.3 Å². The smallest absolute Gasteiger partial charge is 0.251 e. The second-order valence-electron chi connectivity index (χ2n) is 5.52. The van der Waals surface area contributed by atoms with Gasteiger partial charge in [-0.1, -0.05) is 18.2 Å². The fourth-order valence-electron chi connectivity index (χ4n) is 2.57. The van der Waals surface area contributed by atoms with E-state index in [0.29, 0.717) is 17.2 Å². The molecule has 0 unspecified atom stereocenters. The maximum absolute atomic E-state index is 11.9. The van der Waals surface area contributed by atoms with Crippen molar-refractivity contribution in [1.82, 2.24) is 10.3 Å². The van der Waals surface area contributed by atoms with E-state index in [2.05, 4.69) is 15.6 Å². The number of thiazole rings is 1. The summed E-state index contributed by atoms with van der Waals surface area (Å²) in [7, 11) is 0. The number of nitrogens with one attached hydrogen (secondary N) is 2. The molecule has 3 rings (SSSR count). The van der Waals surface area contributed by atoms with Crippen molar-refractivity contribution < 1.29 is 9.59 Å². The zero-order valence-corrected chi connectivity index (χ0v) is 13.6. The van der Waals surface area contributed by atoms with Gasteiger partial charge in [-0.15, -0.1) is 11.3 Å². The zero-order chi connectivity index (χ0) is 16.1. The predicted molar refractivity (Wildman–Crippen MR) is 90.8 cm³/mol. The highest BCUT2D eigenvalue weighted by Gasteiger charge is 2.16. The Kier molecular flexibility index (Phi) is 5.02. The Morgan fingerprint density at radius 1 is 1.13 bits per heavy atom. The third-order valence-electron chi connectivity index (χ3n) is 3.77. The number of amides is 2. The van der Waals surface area contributed by atoms with E-state index in [-0.39, 0.29) is 18.2 Å². The van der Waals surface area contributed by atoms with Gasteiger partial charge in [0.15, 0.2) is 5.13 Å². The predicted octanol–water partition coefficient (Wildman–Crippen LogP) is 2.78. The van der Waals surface area contributed by atoms with Crippen LogP contribution < -0.4 is 10.6 Å². The number of aryl methyl sites for hydroxylation is 2. The van der Waals surface area contributed by atoms with Crippen LogP contribution in [0.2, 0.25) is 0 Å². The molecule has 5 nitrogen and oxygen atoms in total. The van der Waals surface area contributed by atoms with Gasteiger partial charge in [0.25, 0.3) is 5.91 Å². The Balaban J connectivity index is 1.45. The largest absolute Gasteiger partial charge is 0.352 e. The Hall–Kier alpha value is -2.21. The molecule has 0 spiro atoms. The highest BCUT2D eigenvalue weighted by molar-refractivity contribution is 7.15. The SMILES string of the molecule is O=C(CCNC(=O)c1ccccc1)Nc1nc2c(s1)CCCC2. The molecule has 0 aliphatic heterocycles. The Bertz CT molecular complexity index is 674. The maximum Gasteiger partial charge on any atom is 0.251 e. The molecule has 23 heavy (non-hydrogen) atoms. The molecule has 1 aromatic carbocycles. The van der Waals surface area contributed by atoms with E-state index < -0.39 is 0 Å². The van der Waals surface area contributed by atoms with Gasteiger partial charge in [-0.3, -0.25) is 9.59 Å². The lowest BCUT2D eigenvalue weighted by Crippen LogP contribution is -2.27. The number of hydrogen-bond donors (Lipinski definition) is 2. The number of aromatic nitrogens is 1. The quantitative estimate of drug-likeness (QED) is 0.886. The van der Waals surface area contributed by atoms with Gasteiger partial charge in [-0.25, -0.2) is 4.98 Å². The molecular formula is C17H19N3O2S. The van der Waals surface area contributed by atoms with Crippen LogP contribution in [0.5, 0.6) is 0 Å². The Morgan fingerprint density at radius 3 is 2.70 bits per heavy atom. The average molecular weight is 329 g/mol. The van der Waals surface area contributed by atoms with E-state index in [9.17, 15) is 9.59 Å². The first-order valence-electron chi connectivity index (χ1n) is 7.84. The summed E-state index contributed by atoms with van der Waals surface area (Å²) in [6.07, 6.45) is 4.69. The maximum atomic E-state index is 11.9. The summed E-state index contributed by atoms with van der Waals surface area (Å²) in [5.41, 5.74) is 1.73. The standard InChI is InChI=1S/C17H19N3O2S/c21-15(10-11-18-16(22)12-6-2-1-3-7-12)20-17-19-13-8-4-5-9-14(13)23-17/h1-3,6-7H,4-5,8-11H2,(H,18,22)(H,19,20,21). The zero-order valence-electron chi connectivity index (χ0n) is 12.8. The molecular weight excluding hydrogens is 310 g/mol. The van der Waals surface area contributed by atoms with Crippen molar-refractivity contribution in [3.63, 3.8) is 0 Å². The van der Waals surface area contributed by atoms with Crippen molar-refractivity contribution in [2.75, 3.05) is 11.9 Å². The molecule has 1 aliphatic rings. The fraction of sp³-hybridized carbons (Fsp3) is 0.353. The number of hydrogen-bond acceptors (Lipinski definition) is 4.